The van der Waals surface area contributed by atoms with Gasteiger partial charge in [-0.05, 0) is 39.0 Å². The fourth-order valence-corrected chi connectivity index (χ4v) is 3.08. The second-order valence-electron chi connectivity index (χ2n) is 7.56. The highest BCUT2D eigenvalue weighted by Gasteiger charge is 2.52. The van der Waals surface area contributed by atoms with Crippen molar-refractivity contribution in [3.05, 3.63) is 65.7 Å². The summed E-state index contributed by atoms with van der Waals surface area (Å²) in [7, 11) is 0. The number of carbonyl (C=O) groups is 3. The van der Waals surface area contributed by atoms with Crippen molar-refractivity contribution < 1.29 is 19.1 Å². The van der Waals surface area contributed by atoms with E-state index >= 15 is 0 Å². The van der Waals surface area contributed by atoms with Gasteiger partial charge in [0.05, 0.1) is 12.0 Å². The average Bonchev–Trinajstić information content (AvgIpc) is 2.86. The van der Waals surface area contributed by atoms with Gasteiger partial charge in [-0.15, -0.1) is 0 Å². The maximum absolute atomic E-state index is 12.9. The van der Waals surface area contributed by atoms with Gasteiger partial charge < -0.3 is 15.4 Å². The molecule has 27 heavy (non-hydrogen) atoms. The standard InChI is InChI=1S/C21H22N2O4/c1-20(2,3)23-17(24)13-21(27-18(25)14-9-5-4-6-10-14)15-11-7-8-12-16(15)22-19(21)26/h4-12H,13H2,1-3H3,(H,22,26)(H,23,24). The summed E-state index contributed by atoms with van der Waals surface area (Å²) in [5.74, 6) is -1.57. The van der Waals surface area contributed by atoms with Crippen molar-refractivity contribution in [1.29, 1.82) is 0 Å². The molecule has 0 fully saturated rings. The van der Waals surface area contributed by atoms with Gasteiger partial charge in [-0.3, -0.25) is 9.59 Å². The molecule has 0 aliphatic carbocycles. The number of para-hydroxylation sites is 1. The van der Waals surface area contributed by atoms with Gasteiger partial charge in [-0.25, -0.2) is 4.79 Å². The normalized spacial score (nSPS) is 18.4. The summed E-state index contributed by atoms with van der Waals surface area (Å²) >= 11 is 0. The first-order chi connectivity index (χ1) is 12.7. The van der Waals surface area contributed by atoms with Gasteiger partial charge in [0.25, 0.3) is 5.91 Å². The van der Waals surface area contributed by atoms with Crippen molar-refractivity contribution in [3.63, 3.8) is 0 Å². The predicted molar refractivity (Wildman–Crippen MR) is 101 cm³/mol. The Labute approximate surface area is 157 Å². The van der Waals surface area contributed by atoms with Gasteiger partial charge in [-0.2, -0.15) is 0 Å². The Morgan fingerprint density at radius 2 is 1.67 bits per heavy atom. The molecule has 0 saturated carbocycles. The van der Waals surface area contributed by atoms with E-state index in [4.69, 9.17) is 4.74 Å². The SMILES string of the molecule is CC(C)(C)NC(=O)CC1(OC(=O)c2ccccc2)C(=O)Nc2ccccc21. The van der Waals surface area contributed by atoms with Crippen molar-refractivity contribution in [1.82, 2.24) is 5.32 Å². The van der Waals surface area contributed by atoms with Crippen molar-refractivity contribution in [2.24, 2.45) is 0 Å². The summed E-state index contributed by atoms with van der Waals surface area (Å²) in [6.45, 7) is 5.53. The molecule has 6 nitrogen and oxygen atoms in total. The lowest BCUT2D eigenvalue weighted by molar-refractivity contribution is -0.142. The van der Waals surface area contributed by atoms with Crippen molar-refractivity contribution in [2.45, 2.75) is 38.3 Å². The summed E-state index contributed by atoms with van der Waals surface area (Å²) in [6, 6.07) is 15.3. The third-order valence-corrected chi connectivity index (χ3v) is 4.18. The molecule has 2 aromatic carbocycles. The topological polar surface area (TPSA) is 84.5 Å². The fraction of sp³-hybridized carbons (Fsp3) is 0.286. The van der Waals surface area contributed by atoms with Gasteiger partial charge in [0, 0.05) is 16.8 Å². The van der Waals surface area contributed by atoms with E-state index in [1.807, 2.05) is 20.8 Å². The molecule has 6 heteroatoms. The Hall–Kier alpha value is -3.15. The zero-order valence-corrected chi connectivity index (χ0v) is 15.5. The number of esters is 1. The highest BCUT2D eigenvalue weighted by atomic mass is 16.6. The zero-order valence-electron chi connectivity index (χ0n) is 15.5. The van der Waals surface area contributed by atoms with E-state index in [2.05, 4.69) is 10.6 Å². The van der Waals surface area contributed by atoms with Gasteiger partial charge >= 0.3 is 5.97 Å². The van der Waals surface area contributed by atoms with E-state index in [0.29, 0.717) is 16.8 Å². The Morgan fingerprint density at radius 1 is 1.04 bits per heavy atom. The van der Waals surface area contributed by atoms with Gasteiger partial charge in [0.1, 0.15) is 0 Å². The molecule has 140 valence electrons. The minimum Gasteiger partial charge on any atom is -0.440 e. The second-order valence-corrected chi connectivity index (χ2v) is 7.56. The first-order valence-corrected chi connectivity index (χ1v) is 8.72. The molecular weight excluding hydrogens is 344 g/mol. The lowest BCUT2D eigenvalue weighted by atomic mass is 9.90. The third-order valence-electron chi connectivity index (χ3n) is 4.18. The Balaban J connectivity index is 1.99. The molecule has 2 aromatic rings. The lowest BCUT2D eigenvalue weighted by Crippen LogP contribution is -2.47. The van der Waals surface area contributed by atoms with Crippen LogP contribution in [0.1, 0.15) is 43.1 Å². The van der Waals surface area contributed by atoms with E-state index in [1.165, 1.54) is 0 Å². The molecule has 1 aliphatic rings. The maximum atomic E-state index is 12.9. The van der Waals surface area contributed by atoms with Crippen molar-refractivity contribution in [2.75, 3.05) is 5.32 Å². The minimum absolute atomic E-state index is 0.300. The van der Waals surface area contributed by atoms with Gasteiger partial charge in [0.2, 0.25) is 11.5 Å². The van der Waals surface area contributed by atoms with Crippen LogP contribution in [0.15, 0.2) is 54.6 Å². The number of hydrogen-bond donors (Lipinski definition) is 2. The maximum Gasteiger partial charge on any atom is 0.339 e. The summed E-state index contributed by atoms with van der Waals surface area (Å²) in [5, 5.41) is 5.54. The summed E-state index contributed by atoms with van der Waals surface area (Å²) in [5.41, 5.74) is -0.865. The lowest BCUT2D eigenvalue weighted by Gasteiger charge is -2.29. The number of fused-ring (bicyclic) bond motifs is 1. The number of ether oxygens (including phenoxy) is 1. The number of nitrogens with one attached hydrogen (secondary N) is 2. The molecule has 0 aromatic heterocycles. The number of hydrogen-bond acceptors (Lipinski definition) is 4. The van der Waals surface area contributed by atoms with Crippen LogP contribution in [-0.2, 0) is 19.9 Å². The van der Waals surface area contributed by atoms with Crippen LogP contribution in [0.4, 0.5) is 5.69 Å². The Bertz CT molecular complexity index is 887. The quantitative estimate of drug-likeness (QED) is 0.815. The average molecular weight is 366 g/mol. The minimum atomic E-state index is -1.71. The summed E-state index contributed by atoms with van der Waals surface area (Å²) < 4.78 is 5.70. The molecule has 2 N–H and O–H groups in total. The molecule has 0 spiro atoms. The van der Waals surface area contributed by atoms with E-state index in [-0.39, 0.29) is 12.3 Å². The Kier molecular flexibility index (Phi) is 4.74. The molecule has 1 unspecified atom stereocenters. The van der Waals surface area contributed by atoms with E-state index in [9.17, 15) is 14.4 Å². The largest absolute Gasteiger partial charge is 0.440 e. The number of rotatable bonds is 4. The van der Waals surface area contributed by atoms with Crippen LogP contribution in [0.25, 0.3) is 0 Å². The molecule has 1 atom stereocenters. The third kappa shape index (κ3) is 3.84. The van der Waals surface area contributed by atoms with Crippen LogP contribution in [0.5, 0.6) is 0 Å². The van der Waals surface area contributed by atoms with E-state index in [0.717, 1.165) is 0 Å². The first-order valence-electron chi connectivity index (χ1n) is 8.72. The van der Waals surface area contributed by atoms with Crippen molar-refractivity contribution in [3.8, 4) is 0 Å². The van der Waals surface area contributed by atoms with Crippen LogP contribution in [0, 0.1) is 0 Å². The number of amides is 2. The van der Waals surface area contributed by atoms with Crippen molar-refractivity contribution >= 4 is 23.5 Å². The van der Waals surface area contributed by atoms with Crippen LogP contribution in [-0.4, -0.2) is 23.3 Å². The second kappa shape index (κ2) is 6.87. The molecule has 1 heterocycles. The fourth-order valence-electron chi connectivity index (χ4n) is 3.08. The number of benzene rings is 2. The molecule has 1 aliphatic heterocycles. The summed E-state index contributed by atoms with van der Waals surface area (Å²) in [6.07, 6.45) is -0.300. The molecule has 2 amide bonds. The molecular formula is C21H22N2O4. The van der Waals surface area contributed by atoms with E-state index < -0.39 is 23.0 Å². The zero-order chi connectivity index (χ0) is 19.7. The smallest absolute Gasteiger partial charge is 0.339 e. The molecule has 0 saturated heterocycles. The van der Waals surface area contributed by atoms with Crippen LogP contribution in [0.3, 0.4) is 0 Å². The monoisotopic (exact) mass is 366 g/mol. The van der Waals surface area contributed by atoms with E-state index in [1.54, 1.807) is 54.6 Å². The van der Waals surface area contributed by atoms with Gasteiger partial charge in [-0.1, -0.05) is 36.4 Å². The molecule has 0 bridgehead atoms. The predicted octanol–water partition coefficient (Wildman–Crippen LogP) is 3.00. The Morgan fingerprint density at radius 3 is 2.33 bits per heavy atom. The van der Waals surface area contributed by atoms with Crippen LogP contribution in [0.2, 0.25) is 0 Å². The van der Waals surface area contributed by atoms with Crippen LogP contribution < -0.4 is 10.6 Å². The molecule has 3 rings (SSSR count). The highest BCUT2D eigenvalue weighted by molar-refractivity contribution is 6.09. The summed E-state index contributed by atoms with van der Waals surface area (Å²) in [4.78, 5) is 38.2. The van der Waals surface area contributed by atoms with Crippen LogP contribution >= 0.6 is 0 Å². The molecule has 0 radical (unpaired) electrons. The number of anilines is 1. The highest BCUT2D eigenvalue weighted by Crippen LogP contribution is 2.42. The first kappa shape index (κ1) is 18.6. The number of carbonyl (C=O) groups excluding carboxylic acids is 3. The van der Waals surface area contributed by atoms with Gasteiger partial charge in [0.15, 0.2) is 0 Å².